The first kappa shape index (κ1) is 17.4. The van der Waals surface area contributed by atoms with Crippen molar-refractivity contribution in [2.45, 2.75) is 4.90 Å². The quantitative estimate of drug-likeness (QED) is 0.151. The molecule has 0 spiro atoms. The third kappa shape index (κ3) is 2.56. The molecule has 0 unspecified atom stereocenters. The van der Waals surface area contributed by atoms with Gasteiger partial charge in [-0.05, 0) is 96.3 Å². The number of fused-ring (bicyclic) bond motifs is 6. The predicted octanol–water partition coefficient (Wildman–Crippen LogP) is 7.85. The minimum atomic E-state index is 0. The molecular weight excluding hydrogens is 376 g/mol. The lowest BCUT2D eigenvalue weighted by atomic mass is 9.95. The van der Waals surface area contributed by atoms with Gasteiger partial charge in [0, 0.05) is 4.90 Å². The summed E-state index contributed by atoms with van der Waals surface area (Å²) in [6.07, 6.45) is 0. The van der Waals surface area contributed by atoms with Crippen molar-refractivity contribution in [1.82, 2.24) is 0 Å². The van der Waals surface area contributed by atoms with Gasteiger partial charge in [0.2, 0.25) is 0 Å². The highest BCUT2D eigenvalue weighted by Gasteiger charge is 2.07. The Morgan fingerprint density at radius 3 is 1.61 bits per heavy atom. The van der Waals surface area contributed by atoms with Crippen molar-refractivity contribution in [2.75, 3.05) is 0 Å². The molecule has 0 atom stereocenters. The van der Waals surface area contributed by atoms with Crippen LogP contribution in [-0.2, 0) is 0 Å². The van der Waals surface area contributed by atoms with Crippen LogP contribution in [0.15, 0.2) is 95.9 Å². The Bertz CT molecular complexity index is 1530. The first-order chi connectivity index (χ1) is 13.3. The molecule has 0 nitrogen and oxygen atoms in total. The van der Waals surface area contributed by atoms with Gasteiger partial charge in [0.1, 0.15) is 0 Å². The van der Waals surface area contributed by atoms with Crippen molar-refractivity contribution in [3.05, 3.63) is 91.0 Å². The van der Waals surface area contributed by atoms with Crippen molar-refractivity contribution in [3.63, 3.8) is 0 Å². The van der Waals surface area contributed by atoms with Crippen LogP contribution in [0.1, 0.15) is 0 Å². The Kier molecular flexibility index (Phi) is 4.01. The molecule has 0 saturated heterocycles. The standard InChI is InChI=1S/C26H16S.H2S/c27-26-7-3-6-18-12-19-8-9-20-13-21-10-16-4-1-2-5-17(16)11-22(21)14-23(20)24(19)15-25(18)26;/h1-15,27H;1H2. The summed E-state index contributed by atoms with van der Waals surface area (Å²) in [6.45, 7) is 0. The maximum absolute atomic E-state index is 4.67. The van der Waals surface area contributed by atoms with Gasteiger partial charge in [-0.2, -0.15) is 13.5 Å². The van der Waals surface area contributed by atoms with Crippen LogP contribution in [0.3, 0.4) is 0 Å². The van der Waals surface area contributed by atoms with Crippen LogP contribution in [0, 0.1) is 0 Å². The fraction of sp³-hybridized carbons (Fsp3) is 0. The zero-order chi connectivity index (χ0) is 18.0. The molecule has 6 aromatic carbocycles. The molecule has 6 rings (SSSR count). The Morgan fingerprint density at radius 2 is 0.893 bits per heavy atom. The molecule has 0 aliphatic carbocycles. The first-order valence-corrected chi connectivity index (χ1v) is 9.62. The summed E-state index contributed by atoms with van der Waals surface area (Å²) in [5.74, 6) is 0. The van der Waals surface area contributed by atoms with E-state index in [2.05, 4.69) is 104 Å². The topological polar surface area (TPSA) is 0 Å². The van der Waals surface area contributed by atoms with E-state index in [1.807, 2.05) is 0 Å². The third-order valence-corrected chi connectivity index (χ3v) is 6.02. The molecule has 0 aromatic heterocycles. The highest BCUT2D eigenvalue weighted by atomic mass is 32.1. The van der Waals surface area contributed by atoms with Gasteiger partial charge in [0.15, 0.2) is 0 Å². The summed E-state index contributed by atoms with van der Waals surface area (Å²) in [4.78, 5) is 1.03. The van der Waals surface area contributed by atoms with Crippen molar-refractivity contribution in [3.8, 4) is 0 Å². The molecule has 134 valence electrons. The van der Waals surface area contributed by atoms with Crippen LogP contribution < -0.4 is 0 Å². The van der Waals surface area contributed by atoms with Crippen LogP contribution in [0.4, 0.5) is 0 Å². The molecule has 0 heterocycles. The van der Waals surface area contributed by atoms with E-state index in [9.17, 15) is 0 Å². The van der Waals surface area contributed by atoms with E-state index >= 15 is 0 Å². The second-order valence-electron chi connectivity index (χ2n) is 7.26. The van der Waals surface area contributed by atoms with Gasteiger partial charge >= 0.3 is 0 Å². The second kappa shape index (κ2) is 6.44. The average molecular weight is 395 g/mol. The summed E-state index contributed by atoms with van der Waals surface area (Å²) >= 11 is 4.67. The number of thiol groups is 1. The maximum atomic E-state index is 4.67. The zero-order valence-electron chi connectivity index (χ0n) is 15.1. The fourth-order valence-electron chi connectivity index (χ4n) is 4.26. The van der Waals surface area contributed by atoms with Crippen LogP contribution in [-0.4, -0.2) is 0 Å². The van der Waals surface area contributed by atoms with Crippen LogP contribution >= 0.6 is 26.1 Å². The lowest BCUT2D eigenvalue weighted by molar-refractivity contribution is 1.58. The van der Waals surface area contributed by atoms with E-state index in [0.29, 0.717) is 0 Å². The van der Waals surface area contributed by atoms with E-state index in [4.69, 9.17) is 0 Å². The van der Waals surface area contributed by atoms with Gasteiger partial charge in [0.05, 0.1) is 0 Å². The Balaban J connectivity index is 0.00000171. The smallest absolute Gasteiger partial charge is 0.0119 e. The molecule has 0 radical (unpaired) electrons. The van der Waals surface area contributed by atoms with Gasteiger partial charge in [-0.15, -0.1) is 12.6 Å². The molecule has 28 heavy (non-hydrogen) atoms. The number of hydrogen-bond donors (Lipinski definition) is 1. The Hall–Kier alpha value is -2.68. The minimum Gasteiger partial charge on any atom is -0.197 e. The van der Waals surface area contributed by atoms with Crippen LogP contribution in [0.25, 0.3) is 53.9 Å². The first-order valence-electron chi connectivity index (χ1n) is 9.17. The molecule has 0 saturated carbocycles. The monoisotopic (exact) mass is 394 g/mol. The molecule has 0 aliphatic rings. The third-order valence-electron chi connectivity index (χ3n) is 5.63. The highest BCUT2D eigenvalue weighted by molar-refractivity contribution is 7.80. The lowest BCUT2D eigenvalue weighted by Gasteiger charge is -2.10. The molecule has 0 fully saturated rings. The lowest BCUT2D eigenvalue weighted by Crippen LogP contribution is -1.83. The van der Waals surface area contributed by atoms with E-state index in [1.54, 1.807) is 0 Å². The van der Waals surface area contributed by atoms with Gasteiger partial charge in [0.25, 0.3) is 0 Å². The van der Waals surface area contributed by atoms with E-state index in [-0.39, 0.29) is 13.5 Å². The molecular formula is C26H18S2. The SMILES string of the molecule is S.Sc1cccc2cc3ccc4cc5cc6ccccc6cc5cc4c3cc12. The van der Waals surface area contributed by atoms with Crippen molar-refractivity contribution >= 4 is 80.0 Å². The number of benzene rings is 6. The van der Waals surface area contributed by atoms with E-state index in [1.165, 1.54) is 53.9 Å². The minimum absolute atomic E-state index is 0. The molecule has 0 N–H and O–H groups in total. The number of rotatable bonds is 0. The van der Waals surface area contributed by atoms with E-state index < -0.39 is 0 Å². The van der Waals surface area contributed by atoms with Gasteiger partial charge in [-0.3, -0.25) is 0 Å². The summed E-state index contributed by atoms with van der Waals surface area (Å²) in [6, 6.07) is 33.1. The van der Waals surface area contributed by atoms with Crippen molar-refractivity contribution < 1.29 is 0 Å². The summed E-state index contributed by atoms with van der Waals surface area (Å²) in [5.41, 5.74) is 0. The second-order valence-corrected chi connectivity index (χ2v) is 7.74. The van der Waals surface area contributed by atoms with Gasteiger partial charge in [-0.1, -0.05) is 48.5 Å². The largest absolute Gasteiger partial charge is 0.197 e. The van der Waals surface area contributed by atoms with Crippen molar-refractivity contribution in [2.24, 2.45) is 0 Å². The summed E-state index contributed by atoms with van der Waals surface area (Å²) < 4.78 is 0. The van der Waals surface area contributed by atoms with Crippen molar-refractivity contribution in [1.29, 1.82) is 0 Å². The summed E-state index contributed by atoms with van der Waals surface area (Å²) in [5, 5.41) is 12.7. The van der Waals surface area contributed by atoms with Gasteiger partial charge < -0.3 is 0 Å². The Morgan fingerprint density at radius 1 is 0.393 bits per heavy atom. The maximum Gasteiger partial charge on any atom is 0.0119 e. The highest BCUT2D eigenvalue weighted by Crippen LogP contribution is 2.34. The molecule has 0 bridgehead atoms. The molecule has 2 heteroatoms. The van der Waals surface area contributed by atoms with Crippen LogP contribution in [0.5, 0.6) is 0 Å². The molecule has 0 aliphatic heterocycles. The molecule has 6 aromatic rings. The predicted molar refractivity (Wildman–Crippen MR) is 132 cm³/mol. The number of hydrogen-bond acceptors (Lipinski definition) is 1. The summed E-state index contributed by atoms with van der Waals surface area (Å²) in [7, 11) is 0. The average Bonchev–Trinajstić information content (AvgIpc) is 2.70. The zero-order valence-corrected chi connectivity index (χ0v) is 17.0. The Labute approximate surface area is 175 Å². The van der Waals surface area contributed by atoms with E-state index in [0.717, 1.165) is 4.90 Å². The fourth-order valence-corrected chi connectivity index (χ4v) is 4.54. The normalized spacial score (nSPS) is 11.5. The van der Waals surface area contributed by atoms with Gasteiger partial charge in [-0.25, -0.2) is 0 Å². The molecule has 0 amide bonds. The van der Waals surface area contributed by atoms with Crippen LogP contribution in [0.2, 0.25) is 0 Å².